The van der Waals surface area contributed by atoms with E-state index in [4.69, 9.17) is 4.74 Å². The van der Waals surface area contributed by atoms with Crippen LogP contribution in [0.25, 0.3) is 16.6 Å². The van der Waals surface area contributed by atoms with Crippen LogP contribution in [-0.2, 0) is 17.8 Å². The van der Waals surface area contributed by atoms with Gasteiger partial charge in [-0.1, -0.05) is 0 Å². The lowest BCUT2D eigenvalue weighted by atomic mass is 10.2. The maximum absolute atomic E-state index is 12.7. The molecule has 1 saturated heterocycles. The number of fused-ring (bicyclic) bond motifs is 2. The van der Waals surface area contributed by atoms with E-state index in [0.29, 0.717) is 25.1 Å². The van der Waals surface area contributed by atoms with Gasteiger partial charge in [0, 0.05) is 39.0 Å². The molecule has 0 aliphatic carbocycles. The maximum Gasteiger partial charge on any atom is 0.261 e. The van der Waals surface area contributed by atoms with Crippen LogP contribution < -0.4 is 10.5 Å². The van der Waals surface area contributed by atoms with Crippen molar-refractivity contribution in [2.45, 2.75) is 20.0 Å². The quantitative estimate of drug-likeness (QED) is 0.446. The number of piperazine rings is 1. The van der Waals surface area contributed by atoms with Crippen LogP contribution in [0.1, 0.15) is 11.5 Å². The molecule has 0 amide bonds. The Morgan fingerprint density at radius 1 is 1.06 bits per heavy atom. The first-order chi connectivity index (χ1) is 15.6. The highest BCUT2D eigenvalue weighted by Gasteiger charge is 2.20. The van der Waals surface area contributed by atoms with Crippen molar-refractivity contribution < 1.29 is 4.74 Å². The maximum atomic E-state index is 12.7. The van der Waals surface area contributed by atoms with E-state index < -0.39 is 0 Å². The Balaban J connectivity index is 1.27. The highest BCUT2D eigenvalue weighted by Crippen LogP contribution is 2.21. The summed E-state index contributed by atoms with van der Waals surface area (Å²) in [6, 6.07) is 9.79. The fraction of sp³-hybridized carbons (Fsp3) is 0.409. The molecule has 1 aromatic carbocycles. The van der Waals surface area contributed by atoms with Gasteiger partial charge in [0.15, 0.2) is 11.5 Å². The van der Waals surface area contributed by atoms with E-state index in [-0.39, 0.29) is 5.56 Å². The number of aryl methyl sites for hydroxylation is 1. The number of anilines is 1. The van der Waals surface area contributed by atoms with Gasteiger partial charge >= 0.3 is 0 Å². The zero-order valence-corrected chi connectivity index (χ0v) is 18.3. The van der Waals surface area contributed by atoms with Crippen LogP contribution in [0.4, 0.5) is 5.69 Å². The van der Waals surface area contributed by atoms with Crippen LogP contribution in [0.5, 0.6) is 0 Å². The van der Waals surface area contributed by atoms with Gasteiger partial charge in [0.05, 0.1) is 42.6 Å². The summed E-state index contributed by atoms with van der Waals surface area (Å²) in [6.07, 6.45) is 1.60. The lowest BCUT2D eigenvalue weighted by Gasteiger charge is -2.35. The lowest BCUT2D eigenvalue weighted by molar-refractivity contribution is 0.186. The Labute approximate surface area is 185 Å². The molecule has 0 N–H and O–H groups in total. The summed E-state index contributed by atoms with van der Waals surface area (Å²) in [4.78, 5) is 21.9. The van der Waals surface area contributed by atoms with Crippen LogP contribution in [0.15, 0.2) is 41.5 Å². The predicted molar refractivity (Wildman–Crippen MR) is 121 cm³/mol. The van der Waals surface area contributed by atoms with Crippen LogP contribution in [0, 0.1) is 6.92 Å². The second-order valence-electron chi connectivity index (χ2n) is 8.06. The fourth-order valence-corrected chi connectivity index (χ4v) is 4.08. The van der Waals surface area contributed by atoms with Gasteiger partial charge in [0.2, 0.25) is 0 Å². The summed E-state index contributed by atoms with van der Waals surface area (Å²) in [5.41, 5.74) is 3.49. The monoisotopic (exact) mass is 434 g/mol. The minimum absolute atomic E-state index is 0.0344. The van der Waals surface area contributed by atoms with Gasteiger partial charge in [-0.3, -0.25) is 14.3 Å². The Morgan fingerprint density at radius 2 is 1.91 bits per heavy atom. The first kappa shape index (κ1) is 20.5. The first-order valence-electron chi connectivity index (χ1n) is 10.8. The summed E-state index contributed by atoms with van der Waals surface area (Å²) in [5, 5.41) is 13.7. The van der Waals surface area contributed by atoms with Crippen molar-refractivity contribution in [3.8, 4) is 0 Å². The second-order valence-corrected chi connectivity index (χ2v) is 8.06. The molecule has 0 radical (unpaired) electrons. The molecule has 166 valence electrons. The molecule has 0 atom stereocenters. The zero-order valence-electron chi connectivity index (χ0n) is 18.3. The van der Waals surface area contributed by atoms with Crippen molar-refractivity contribution in [1.29, 1.82) is 0 Å². The average Bonchev–Trinajstić information content (AvgIpc) is 3.20. The number of aromatic nitrogens is 6. The van der Waals surface area contributed by atoms with Crippen LogP contribution >= 0.6 is 0 Å². The first-order valence-corrected chi connectivity index (χ1v) is 10.8. The third kappa shape index (κ3) is 3.94. The number of hydrogen-bond acceptors (Lipinski definition) is 8. The molecule has 4 aromatic rings. The van der Waals surface area contributed by atoms with Gasteiger partial charge in [-0.05, 0) is 37.3 Å². The van der Waals surface area contributed by atoms with Crippen molar-refractivity contribution in [2.24, 2.45) is 0 Å². The third-order valence-electron chi connectivity index (χ3n) is 5.91. The van der Waals surface area contributed by atoms with E-state index in [1.165, 1.54) is 0 Å². The van der Waals surface area contributed by atoms with Crippen LogP contribution in [0.3, 0.4) is 0 Å². The Bertz CT molecular complexity index is 1310. The van der Waals surface area contributed by atoms with Crippen molar-refractivity contribution in [3.63, 3.8) is 0 Å². The highest BCUT2D eigenvalue weighted by molar-refractivity contribution is 5.81. The Hall–Kier alpha value is -3.37. The number of rotatable bonds is 6. The highest BCUT2D eigenvalue weighted by atomic mass is 16.5. The summed E-state index contributed by atoms with van der Waals surface area (Å²) in [6.45, 7) is 7.25. The molecule has 0 spiro atoms. The summed E-state index contributed by atoms with van der Waals surface area (Å²) in [5.74, 6) is 0.858. The van der Waals surface area contributed by atoms with Gasteiger partial charge in [-0.25, -0.2) is 4.98 Å². The van der Waals surface area contributed by atoms with Crippen molar-refractivity contribution >= 4 is 22.2 Å². The standard InChI is InChI=1S/C22H26N8O2/c1-16-3-6-20-24-25-21(30(20)26-16)14-27-7-9-28(10-8-27)17-4-5-18-19(13-17)23-15-29(22(18)31)11-12-32-2/h3-6,13,15H,7-12,14H2,1-2H3. The van der Waals surface area contributed by atoms with E-state index in [1.807, 2.05) is 41.8 Å². The van der Waals surface area contributed by atoms with Crippen LogP contribution in [0.2, 0.25) is 0 Å². The minimum Gasteiger partial charge on any atom is -0.383 e. The van der Waals surface area contributed by atoms with Gasteiger partial charge in [-0.2, -0.15) is 9.61 Å². The van der Waals surface area contributed by atoms with Crippen molar-refractivity contribution in [3.05, 3.63) is 58.5 Å². The molecular weight excluding hydrogens is 408 g/mol. The number of hydrogen-bond donors (Lipinski definition) is 0. The zero-order chi connectivity index (χ0) is 22.1. The van der Waals surface area contributed by atoms with Crippen LogP contribution in [-0.4, -0.2) is 74.2 Å². The number of methoxy groups -OCH3 is 1. The molecule has 0 unspecified atom stereocenters. The normalized spacial score (nSPS) is 15.1. The number of benzene rings is 1. The SMILES string of the molecule is COCCn1cnc2cc(N3CCN(Cc4nnc5ccc(C)nn45)CC3)ccc2c1=O. The van der Waals surface area contributed by atoms with Gasteiger partial charge < -0.3 is 9.64 Å². The molecule has 0 bridgehead atoms. The van der Waals surface area contributed by atoms with Gasteiger partial charge in [-0.15, -0.1) is 10.2 Å². The third-order valence-corrected chi connectivity index (χ3v) is 5.91. The summed E-state index contributed by atoms with van der Waals surface area (Å²) < 4.78 is 8.49. The minimum atomic E-state index is -0.0344. The average molecular weight is 435 g/mol. The topological polar surface area (TPSA) is 93.7 Å². The molecule has 0 saturated carbocycles. The molecule has 1 fully saturated rings. The summed E-state index contributed by atoms with van der Waals surface area (Å²) in [7, 11) is 1.62. The molecule has 32 heavy (non-hydrogen) atoms. The van der Waals surface area contributed by atoms with Gasteiger partial charge in [0.1, 0.15) is 0 Å². The van der Waals surface area contributed by atoms with E-state index in [2.05, 4.69) is 30.1 Å². The number of ether oxygens (including phenoxy) is 1. The summed E-state index contributed by atoms with van der Waals surface area (Å²) >= 11 is 0. The molecule has 10 nitrogen and oxygen atoms in total. The van der Waals surface area contributed by atoms with E-state index >= 15 is 0 Å². The molecule has 1 aliphatic rings. The predicted octanol–water partition coefficient (Wildman–Crippen LogP) is 1.11. The largest absolute Gasteiger partial charge is 0.383 e. The van der Waals surface area contributed by atoms with E-state index in [9.17, 15) is 4.79 Å². The molecule has 4 heterocycles. The van der Waals surface area contributed by atoms with Crippen molar-refractivity contribution in [2.75, 3.05) is 44.8 Å². The molecule has 1 aliphatic heterocycles. The van der Waals surface area contributed by atoms with Crippen molar-refractivity contribution in [1.82, 2.24) is 34.3 Å². The Kier molecular flexibility index (Phi) is 5.54. The molecule has 10 heteroatoms. The van der Waals surface area contributed by atoms with E-state index in [1.54, 1.807) is 18.0 Å². The Morgan fingerprint density at radius 3 is 2.72 bits per heavy atom. The lowest BCUT2D eigenvalue weighted by Crippen LogP contribution is -2.46. The molecule has 3 aromatic heterocycles. The molecular formula is C22H26N8O2. The fourth-order valence-electron chi connectivity index (χ4n) is 4.08. The smallest absolute Gasteiger partial charge is 0.261 e. The number of nitrogens with zero attached hydrogens (tertiary/aromatic N) is 8. The van der Waals surface area contributed by atoms with E-state index in [0.717, 1.165) is 54.5 Å². The molecule has 5 rings (SSSR count). The second kappa shape index (κ2) is 8.64. The van der Waals surface area contributed by atoms with Gasteiger partial charge in [0.25, 0.3) is 5.56 Å².